The lowest BCUT2D eigenvalue weighted by Crippen LogP contribution is -2.31. The Morgan fingerprint density at radius 3 is 2.90 bits per heavy atom. The topological polar surface area (TPSA) is 58.9 Å². The van der Waals surface area contributed by atoms with Crippen LogP contribution in [0.4, 0.5) is 0 Å². The molecule has 1 aliphatic rings. The Kier molecular flexibility index (Phi) is 4.03. The SMILES string of the molecule is Cn1nnc(CN2CCCNC(c3ccccc3)C2)n1. The second-order valence-electron chi connectivity index (χ2n) is 5.20. The zero-order chi connectivity index (χ0) is 13.8. The first-order valence-corrected chi connectivity index (χ1v) is 7.05. The van der Waals surface area contributed by atoms with Gasteiger partial charge in [0, 0.05) is 12.6 Å². The van der Waals surface area contributed by atoms with Gasteiger partial charge in [0.15, 0.2) is 5.82 Å². The Morgan fingerprint density at radius 2 is 2.15 bits per heavy atom. The van der Waals surface area contributed by atoms with E-state index in [-0.39, 0.29) is 0 Å². The molecule has 0 radical (unpaired) electrons. The molecule has 1 aliphatic heterocycles. The van der Waals surface area contributed by atoms with Crippen molar-refractivity contribution < 1.29 is 0 Å². The minimum absolute atomic E-state index is 0.371. The number of benzene rings is 1. The molecule has 3 rings (SSSR count). The van der Waals surface area contributed by atoms with Gasteiger partial charge in [0.2, 0.25) is 0 Å². The summed E-state index contributed by atoms with van der Waals surface area (Å²) in [5, 5.41) is 15.9. The van der Waals surface area contributed by atoms with Crippen LogP contribution < -0.4 is 5.32 Å². The summed E-state index contributed by atoms with van der Waals surface area (Å²) >= 11 is 0. The van der Waals surface area contributed by atoms with Crippen molar-refractivity contribution >= 4 is 0 Å². The molecule has 1 aromatic carbocycles. The van der Waals surface area contributed by atoms with Gasteiger partial charge in [0.25, 0.3) is 0 Å². The van der Waals surface area contributed by atoms with Gasteiger partial charge < -0.3 is 5.32 Å². The van der Waals surface area contributed by atoms with Crippen LogP contribution in [-0.2, 0) is 13.6 Å². The van der Waals surface area contributed by atoms with E-state index in [0.717, 1.165) is 38.4 Å². The Bertz CT molecular complexity index is 538. The standard InChI is InChI=1S/C14H20N6/c1-19-17-14(16-18-19)11-20-9-5-8-15-13(10-20)12-6-3-2-4-7-12/h2-4,6-7,13,15H,5,8-11H2,1H3. The molecule has 0 aliphatic carbocycles. The molecule has 1 aromatic heterocycles. The van der Waals surface area contributed by atoms with Crippen molar-refractivity contribution in [2.45, 2.75) is 19.0 Å². The Balaban J connectivity index is 1.69. The van der Waals surface area contributed by atoms with Crippen molar-refractivity contribution in [2.24, 2.45) is 7.05 Å². The highest BCUT2D eigenvalue weighted by Crippen LogP contribution is 2.17. The van der Waals surface area contributed by atoms with E-state index in [1.165, 1.54) is 10.4 Å². The summed E-state index contributed by atoms with van der Waals surface area (Å²) in [6.07, 6.45) is 1.14. The number of hydrogen-bond donors (Lipinski definition) is 1. The number of nitrogens with zero attached hydrogens (tertiary/aromatic N) is 5. The molecule has 0 saturated carbocycles. The van der Waals surface area contributed by atoms with Crippen LogP contribution in [0.5, 0.6) is 0 Å². The third kappa shape index (κ3) is 3.20. The van der Waals surface area contributed by atoms with Gasteiger partial charge in [-0.15, -0.1) is 10.2 Å². The molecule has 1 saturated heterocycles. The summed E-state index contributed by atoms with van der Waals surface area (Å²) in [5.74, 6) is 0.793. The maximum absolute atomic E-state index is 4.27. The maximum atomic E-state index is 4.27. The van der Waals surface area contributed by atoms with Crippen LogP contribution in [0.3, 0.4) is 0 Å². The molecule has 1 unspecified atom stereocenters. The normalized spacial score (nSPS) is 20.8. The maximum Gasteiger partial charge on any atom is 0.188 e. The van der Waals surface area contributed by atoms with E-state index in [2.05, 4.69) is 56.0 Å². The number of aryl methyl sites for hydroxylation is 1. The lowest BCUT2D eigenvalue weighted by Gasteiger charge is -2.23. The van der Waals surface area contributed by atoms with Gasteiger partial charge in [-0.2, -0.15) is 4.80 Å². The molecule has 6 heteroatoms. The second kappa shape index (κ2) is 6.11. The summed E-state index contributed by atoms with van der Waals surface area (Å²) in [7, 11) is 1.80. The quantitative estimate of drug-likeness (QED) is 0.893. The smallest absolute Gasteiger partial charge is 0.188 e. The van der Waals surface area contributed by atoms with Crippen molar-refractivity contribution in [3.8, 4) is 0 Å². The van der Waals surface area contributed by atoms with Crippen LogP contribution in [0.2, 0.25) is 0 Å². The Labute approximate surface area is 118 Å². The molecule has 0 amide bonds. The first-order chi connectivity index (χ1) is 9.81. The van der Waals surface area contributed by atoms with Gasteiger partial charge in [0.1, 0.15) is 0 Å². The molecule has 2 aromatic rings. The van der Waals surface area contributed by atoms with Crippen LogP contribution >= 0.6 is 0 Å². The fourth-order valence-corrected chi connectivity index (χ4v) is 2.63. The van der Waals surface area contributed by atoms with E-state index in [1.54, 1.807) is 7.05 Å². The molecule has 1 atom stereocenters. The van der Waals surface area contributed by atoms with Crippen LogP contribution in [-0.4, -0.2) is 44.7 Å². The molecule has 6 nitrogen and oxygen atoms in total. The van der Waals surface area contributed by atoms with E-state index in [0.29, 0.717) is 6.04 Å². The molecular formula is C14H20N6. The average Bonchev–Trinajstić information content (AvgIpc) is 2.74. The third-order valence-corrected chi connectivity index (χ3v) is 3.60. The summed E-state index contributed by atoms with van der Waals surface area (Å²) in [5.41, 5.74) is 1.34. The third-order valence-electron chi connectivity index (χ3n) is 3.60. The highest BCUT2D eigenvalue weighted by molar-refractivity contribution is 5.19. The second-order valence-corrected chi connectivity index (χ2v) is 5.20. The van der Waals surface area contributed by atoms with E-state index < -0.39 is 0 Å². The predicted octanol–water partition coefficient (Wildman–Crippen LogP) is 0.747. The Morgan fingerprint density at radius 1 is 1.30 bits per heavy atom. The summed E-state index contributed by atoms with van der Waals surface area (Å²) in [4.78, 5) is 3.91. The van der Waals surface area contributed by atoms with Crippen molar-refractivity contribution in [1.29, 1.82) is 0 Å². The molecule has 106 valence electrons. The van der Waals surface area contributed by atoms with Gasteiger partial charge in [-0.05, 0) is 30.3 Å². The minimum Gasteiger partial charge on any atom is -0.309 e. The number of rotatable bonds is 3. The van der Waals surface area contributed by atoms with E-state index in [4.69, 9.17) is 0 Å². The van der Waals surface area contributed by atoms with E-state index >= 15 is 0 Å². The van der Waals surface area contributed by atoms with Crippen molar-refractivity contribution in [2.75, 3.05) is 19.6 Å². The average molecular weight is 272 g/mol. The highest BCUT2D eigenvalue weighted by Gasteiger charge is 2.20. The first kappa shape index (κ1) is 13.2. The summed E-state index contributed by atoms with van der Waals surface area (Å²) in [6.45, 7) is 3.85. The molecule has 1 fully saturated rings. The van der Waals surface area contributed by atoms with Crippen LogP contribution in [0.1, 0.15) is 23.9 Å². The van der Waals surface area contributed by atoms with Crippen LogP contribution in [0.25, 0.3) is 0 Å². The van der Waals surface area contributed by atoms with Gasteiger partial charge in [0.05, 0.1) is 13.6 Å². The molecule has 0 bridgehead atoms. The monoisotopic (exact) mass is 272 g/mol. The van der Waals surface area contributed by atoms with Gasteiger partial charge in [-0.3, -0.25) is 4.90 Å². The largest absolute Gasteiger partial charge is 0.309 e. The van der Waals surface area contributed by atoms with Gasteiger partial charge >= 0.3 is 0 Å². The van der Waals surface area contributed by atoms with Gasteiger partial charge in [-0.1, -0.05) is 30.3 Å². The predicted molar refractivity (Wildman–Crippen MR) is 75.9 cm³/mol. The highest BCUT2D eigenvalue weighted by atomic mass is 15.6. The molecular weight excluding hydrogens is 252 g/mol. The van der Waals surface area contributed by atoms with Crippen molar-refractivity contribution in [3.63, 3.8) is 0 Å². The zero-order valence-electron chi connectivity index (χ0n) is 11.7. The first-order valence-electron chi connectivity index (χ1n) is 7.05. The fraction of sp³-hybridized carbons (Fsp3) is 0.500. The lowest BCUT2D eigenvalue weighted by atomic mass is 10.1. The molecule has 2 heterocycles. The zero-order valence-corrected chi connectivity index (χ0v) is 11.7. The van der Waals surface area contributed by atoms with Crippen molar-refractivity contribution in [1.82, 2.24) is 30.4 Å². The number of hydrogen-bond acceptors (Lipinski definition) is 5. The summed E-state index contributed by atoms with van der Waals surface area (Å²) in [6, 6.07) is 11.0. The molecule has 1 N–H and O–H groups in total. The fourth-order valence-electron chi connectivity index (χ4n) is 2.63. The molecule has 0 spiro atoms. The lowest BCUT2D eigenvalue weighted by molar-refractivity contribution is 0.254. The van der Waals surface area contributed by atoms with E-state index in [9.17, 15) is 0 Å². The number of tetrazole rings is 1. The molecule has 20 heavy (non-hydrogen) atoms. The number of aromatic nitrogens is 4. The Hall–Kier alpha value is -1.79. The van der Waals surface area contributed by atoms with Crippen LogP contribution in [0, 0.1) is 0 Å². The van der Waals surface area contributed by atoms with E-state index in [1.807, 2.05) is 0 Å². The van der Waals surface area contributed by atoms with Crippen LogP contribution in [0.15, 0.2) is 30.3 Å². The summed E-state index contributed by atoms with van der Waals surface area (Å²) < 4.78 is 0. The number of nitrogens with one attached hydrogen (secondary N) is 1. The van der Waals surface area contributed by atoms with Gasteiger partial charge in [-0.25, -0.2) is 0 Å². The minimum atomic E-state index is 0.371. The van der Waals surface area contributed by atoms with Crippen molar-refractivity contribution in [3.05, 3.63) is 41.7 Å².